The van der Waals surface area contributed by atoms with Crippen molar-refractivity contribution in [3.05, 3.63) is 100 Å². The number of amides is 2. The third-order valence-electron chi connectivity index (χ3n) is 5.93. The van der Waals surface area contributed by atoms with Gasteiger partial charge in [-0.15, -0.1) is 0 Å². The number of para-hydroxylation sites is 1. The van der Waals surface area contributed by atoms with Crippen molar-refractivity contribution < 1.29 is 22.7 Å². The molecule has 1 saturated heterocycles. The molecule has 0 aliphatic carbocycles. The number of nitrogens with one attached hydrogen (secondary N) is 1. The summed E-state index contributed by atoms with van der Waals surface area (Å²) in [6.07, 6.45) is -0.468. The molecule has 1 aliphatic heterocycles. The maximum Gasteiger partial charge on any atom is 0.322 e. The first-order valence-corrected chi connectivity index (χ1v) is 11.6. The summed E-state index contributed by atoms with van der Waals surface area (Å²) >= 11 is 6.02. The fourth-order valence-electron chi connectivity index (χ4n) is 3.91. The van der Waals surface area contributed by atoms with Gasteiger partial charge in [0.1, 0.15) is 17.5 Å². The highest BCUT2D eigenvalue weighted by atomic mass is 35.5. The average molecular weight is 504 g/mol. The summed E-state index contributed by atoms with van der Waals surface area (Å²) in [7, 11) is 0. The van der Waals surface area contributed by atoms with Gasteiger partial charge in [-0.3, -0.25) is 4.90 Å². The lowest BCUT2D eigenvalue weighted by Gasteiger charge is -2.36. The zero-order chi connectivity index (χ0) is 24.8. The van der Waals surface area contributed by atoms with Crippen LogP contribution in [0, 0.1) is 17.5 Å². The first kappa shape index (κ1) is 25.0. The van der Waals surface area contributed by atoms with Gasteiger partial charge in [0, 0.05) is 43.3 Å². The lowest BCUT2D eigenvalue weighted by Crippen LogP contribution is -2.50. The normalized spacial score (nSPS) is 15.1. The van der Waals surface area contributed by atoms with Crippen LogP contribution in [0.15, 0.2) is 66.7 Å². The van der Waals surface area contributed by atoms with Crippen molar-refractivity contribution in [3.63, 3.8) is 0 Å². The number of halogens is 4. The van der Waals surface area contributed by atoms with E-state index in [1.807, 2.05) is 12.1 Å². The molecule has 9 heteroatoms. The van der Waals surface area contributed by atoms with Crippen LogP contribution in [0.1, 0.15) is 17.2 Å². The summed E-state index contributed by atoms with van der Waals surface area (Å²) in [5, 5.41) is 3.17. The van der Waals surface area contributed by atoms with Gasteiger partial charge in [-0.1, -0.05) is 41.9 Å². The number of ether oxygens (including phenoxy) is 1. The monoisotopic (exact) mass is 503 g/mol. The first-order chi connectivity index (χ1) is 16.9. The molecule has 0 unspecified atom stereocenters. The molecule has 2 amide bonds. The van der Waals surface area contributed by atoms with Crippen molar-refractivity contribution in [2.45, 2.75) is 12.7 Å². The first-order valence-electron chi connectivity index (χ1n) is 11.2. The van der Waals surface area contributed by atoms with Gasteiger partial charge in [-0.25, -0.2) is 18.0 Å². The molecule has 35 heavy (non-hydrogen) atoms. The predicted octanol–water partition coefficient (Wildman–Crippen LogP) is 5.86. The summed E-state index contributed by atoms with van der Waals surface area (Å²) < 4.78 is 48.0. The largest absolute Gasteiger partial charge is 0.367 e. The maximum atomic E-state index is 14.1. The van der Waals surface area contributed by atoms with Gasteiger partial charge in [-0.2, -0.15) is 0 Å². The van der Waals surface area contributed by atoms with Crippen molar-refractivity contribution in [2.24, 2.45) is 0 Å². The highest BCUT2D eigenvalue weighted by molar-refractivity contribution is 6.30. The fraction of sp³-hybridized carbons (Fsp3) is 0.269. The lowest BCUT2D eigenvalue weighted by atomic mass is 10.1. The van der Waals surface area contributed by atoms with Crippen LogP contribution in [0.2, 0.25) is 5.02 Å². The van der Waals surface area contributed by atoms with E-state index < -0.39 is 23.6 Å². The Bertz CT molecular complexity index is 1130. The molecular formula is C26H25ClF3N3O2. The average Bonchev–Trinajstić information content (AvgIpc) is 2.85. The Morgan fingerprint density at radius 3 is 2.17 bits per heavy atom. The van der Waals surface area contributed by atoms with Crippen LogP contribution in [0.25, 0.3) is 0 Å². The van der Waals surface area contributed by atoms with Crippen molar-refractivity contribution in [2.75, 3.05) is 38.0 Å². The van der Waals surface area contributed by atoms with Crippen LogP contribution in [-0.4, -0.2) is 48.6 Å². The van der Waals surface area contributed by atoms with Crippen molar-refractivity contribution in [1.82, 2.24) is 9.80 Å². The van der Waals surface area contributed by atoms with E-state index in [4.69, 9.17) is 16.3 Å². The van der Waals surface area contributed by atoms with Gasteiger partial charge >= 0.3 is 6.03 Å². The minimum atomic E-state index is -0.658. The van der Waals surface area contributed by atoms with E-state index in [0.717, 1.165) is 5.56 Å². The molecule has 1 atom stereocenters. The highest BCUT2D eigenvalue weighted by Gasteiger charge is 2.25. The Labute approximate surface area is 207 Å². The third-order valence-corrected chi connectivity index (χ3v) is 6.18. The topological polar surface area (TPSA) is 44.8 Å². The van der Waals surface area contributed by atoms with Gasteiger partial charge in [0.2, 0.25) is 0 Å². The minimum absolute atomic E-state index is 0.124. The second kappa shape index (κ2) is 11.6. The van der Waals surface area contributed by atoms with E-state index in [-0.39, 0.29) is 23.9 Å². The predicted molar refractivity (Wildman–Crippen MR) is 129 cm³/mol. The number of carbonyl (C=O) groups is 1. The smallest absolute Gasteiger partial charge is 0.322 e. The molecule has 0 saturated carbocycles. The molecular weight excluding hydrogens is 479 g/mol. The van der Waals surface area contributed by atoms with Crippen LogP contribution in [-0.2, 0) is 11.3 Å². The summed E-state index contributed by atoms with van der Waals surface area (Å²) in [5.41, 5.74) is 0.837. The number of nitrogens with zero attached hydrogens (tertiary/aromatic N) is 2. The molecule has 3 aromatic carbocycles. The number of hydrogen-bond donors (Lipinski definition) is 1. The van der Waals surface area contributed by atoms with Crippen molar-refractivity contribution >= 4 is 23.3 Å². The summed E-state index contributed by atoms with van der Waals surface area (Å²) in [6.45, 7) is 2.24. The maximum absolute atomic E-state index is 14.1. The molecule has 1 aliphatic rings. The molecule has 1 heterocycles. The second-order valence-corrected chi connectivity index (χ2v) is 8.69. The second-order valence-electron chi connectivity index (χ2n) is 8.25. The van der Waals surface area contributed by atoms with E-state index in [1.54, 1.807) is 29.2 Å². The van der Waals surface area contributed by atoms with Gasteiger partial charge in [0.05, 0.1) is 18.4 Å². The Balaban J connectivity index is 1.38. The zero-order valence-corrected chi connectivity index (χ0v) is 19.6. The van der Waals surface area contributed by atoms with E-state index in [0.29, 0.717) is 37.7 Å². The zero-order valence-electron chi connectivity index (χ0n) is 18.9. The van der Waals surface area contributed by atoms with Crippen LogP contribution in [0.3, 0.4) is 0 Å². The molecule has 1 N–H and O–H groups in total. The number of urea groups is 1. The summed E-state index contributed by atoms with van der Waals surface area (Å²) in [6, 6.07) is 16.5. The van der Waals surface area contributed by atoms with Crippen LogP contribution < -0.4 is 5.32 Å². The molecule has 3 aromatic rings. The number of piperazine rings is 1. The lowest BCUT2D eigenvalue weighted by molar-refractivity contribution is 0.00376. The molecule has 1 fully saturated rings. The van der Waals surface area contributed by atoms with Gasteiger partial charge in [0.25, 0.3) is 0 Å². The summed E-state index contributed by atoms with van der Waals surface area (Å²) in [5.74, 6) is -1.81. The van der Waals surface area contributed by atoms with E-state index in [9.17, 15) is 18.0 Å². The van der Waals surface area contributed by atoms with Gasteiger partial charge in [0.15, 0.2) is 0 Å². The third kappa shape index (κ3) is 6.54. The molecule has 0 spiro atoms. The van der Waals surface area contributed by atoms with Gasteiger partial charge in [-0.05, 0) is 42.0 Å². The van der Waals surface area contributed by atoms with E-state index in [1.165, 1.54) is 30.3 Å². The minimum Gasteiger partial charge on any atom is -0.367 e. The Kier molecular flexibility index (Phi) is 8.28. The number of hydrogen-bond acceptors (Lipinski definition) is 3. The molecule has 184 valence electrons. The number of carbonyl (C=O) groups excluding carboxylic acids is 1. The van der Waals surface area contributed by atoms with Crippen molar-refractivity contribution in [3.8, 4) is 0 Å². The highest BCUT2D eigenvalue weighted by Crippen LogP contribution is 2.25. The van der Waals surface area contributed by atoms with Gasteiger partial charge < -0.3 is 15.0 Å². The van der Waals surface area contributed by atoms with Crippen LogP contribution >= 0.6 is 11.6 Å². The van der Waals surface area contributed by atoms with Crippen LogP contribution in [0.5, 0.6) is 0 Å². The fourth-order valence-corrected chi connectivity index (χ4v) is 4.04. The van der Waals surface area contributed by atoms with Crippen molar-refractivity contribution in [1.29, 1.82) is 0 Å². The number of rotatable bonds is 7. The quantitative estimate of drug-likeness (QED) is 0.439. The standard InChI is InChI=1S/C26H25ClF3N3O2/c27-19-10-8-18(9-11-19)25(35-17-20-21(28)5-3-6-22(20)29)16-32-12-14-33(15-13-32)26(34)31-24-7-2-1-4-23(24)30/h1-11,25H,12-17H2,(H,31,34)/t25-/m1/s1. The molecule has 5 nitrogen and oxygen atoms in total. The van der Waals surface area contributed by atoms with Crippen LogP contribution in [0.4, 0.5) is 23.7 Å². The Hall–Kier alpha value is -3.07. The van der Waals surface area contributed by atoms with E-state index in [2.05, 4.69) is 10.2 Å². The molecule has 4 rings (SSSR count). The number of benzene rings is 3. The molecule has 0 radical (unpaired) electrons. The number of anilines is 1. The molecule has 0 aromatic heterocycles. The SMILES string of the molecule is O=C(Nc1ccccc1F)N1CCN(C[C@@H](OCc2c(F)cccc2F)c2ccc(Cl)cc2)CC1. The summed E-state index contributed by atoms with van der Waals surface area (Å²) in [4.78, 5) is 16.3. The van der Waals surface area contributed by atoms with E-state index >= 15 is 0 Å². The Morgan fingerprint density at radius 2 is 1.51 bits per heavy atom. The Morgan fingerprint density at radius 1 is 0.886 bits per heavy atom. The molecule has 0 bridgehead atoms.